The minimum absolute atomic E-state index is 0.408. The van der Waals surface area contributed by atoms with E-state index in [1.807, 2.05) is 0 Å². The Morgan fingerprint density at radius 1 is 1.40 bits per heavy atom. The molecule has 1 N–H and O–H groups in total. The molecule has 0 amide bonds. The molecule has 1 saturated heterocycles. The second kappa shape index (κ2) is 6.43. The van der Waals surface area contributed by atoms with Crippen molar-refractivity contribution in [3.8, 4) is 0 Å². The lowest BCUT2D eigenvalue weighted by atomic mass is 10.1. The van der Waals surface area contributed by atoms with Crippen LogP contribution >= 0.6 is 0 Å². The SMILES string of the molecule is CCCNC1CCCN(c2ccc(C(F)(F)F)nc2)C1. The first-order valence-electron chi connectivity index (χ1n) is 7.02. The quantitative estimate of drug-likeness (QED) is 0.922. The molecule has 2 heterocycles. The Balaban J connectivity index is 2.00. The molecule has 0 aromatic carbocycles. The van der Waals surface area contributed by atoms with E-state index in [9.17, 15) is 13.2 Å². The summed E-state index contributed by atoms with van der Waals surface area (Å²) in [4.78, 5) is 5.63. The lowest BCUT2D eigenvalue weighted by Gasteiger charge is -2.34. The van der Waals surface area contributed by atoms with E-state index in [0.717, 1.165) is 50.7 Å². The predicted molar refractivity (Wildman–Crippen MR) is 72.8 cm³/mol. The third-order valence-electron chi connectivity index (χ3n) is 3.51. The fourth-order valence-electron chi connectivity index (χ4n) is 2.47. The molecule has 6 heteroatoms. The molecule has 1 aliphatic heterocycles. The summed E-state index contributed by atoms with van der Waals surface area (Å²) in [5.41, 5.74) is -0.0695. The van der Waals surface area contributed by atoms with Gasteiger partial charge in [-0.15, -0.1) is 0 Å². The van der Waals surface area contributed by atoms with Crippen LogP contribution in [-0.4, -0.2) is 30.7 Å². The van der Waals surface area contributed by atoms with E-state index >= 15 is 0 Å². The number of alkyl halides is 3. The minimum Gasteiger partial charge on any atom is -0.369 e. The van der Waals surface area contributed by atoms with Crippen molar-refractivity contribution in [1.29, 1.82) is 0 Å². The van der Waals surface area contributed by atoms with E-state index in [-0.39, 0.29) is 0 Å². The maximum absolute atomic E-state index is 12.5. The van der Waals surface area contributed by atoms with Crippen LogP contribution in [0.4, 0.5) is 18.9 Å². The average Bonchev–Trinajstić information content (AvgIpc) is 2.45. The van der Waals surface area contributed by atoms with E-state index in [1.165, 1.54) is 12.3 Å². The minimum atomic E-state index is -4.37. The van der Waals surface area contributed by atoms with Crippen LogP contribution < -0.4 is 10.2 Å². The second-order valence-electron chi connectivity index (χ2n) is 5.14. The molecule has 1 aromatic heterocycles. The molecule has 20 heavy (non-hydrogen) atoms. The van der Waals surface area contributed by atoms with Crippen LogP contribution in [0, 0.1) is 0 Å². The predicted octanol–water partition coefficient (Wildman–Crippen LogP) is 3.07. The van der Waals surface area contributed by atoms with Crippen molar-refractivity contribution in [3.63, 3.8) is 0 Å². The van der Waals surface area contributed by atoms with Crippen molar-refractivity contribution in [1.82, 2.24) is 10.3 Å². The van der Waals surface area contributed by atoms with Crippen LogP contribution in [0.3, 0.4) is 0 Å². The number of rotatable bonds is 4. The highest BCUT2D eigenvalue weighted by molar-refractivity contribution is 5.45. The van der Waals surface area contributed by atoms with Crippen molar-refractivity contribution in [2.45, 2.75) is 38.4 Å². The number of piperidine rings is 1. The molecule has 112 valence electrons. The number of pyridine rings is 1. The molecule has 2 rings (SSSR count). The Morgan fingerprint density at radius 3 is 2.80 bits per heavy atom. The van der Waals surface area contributed by atoms with Gasteiger partial charge >= 0.3 is 6.18 Å². The fourth-order valence-corrected chi connectivity index (χ4v) is 2.47. The van der Waals surface area contributed by atoms with Crippen LogP contribution in [0.5, 0.6) is 0 Å². The molecular formula is C14H20F3N3. The fraction of sp³-hybridized carbons (Fsp3) is 0.643. The number of aromatic nitrogens is 1. The Bertz CT molecular complexity index is 417. The maximum Gasteiger partial charge on any atom is 0.433 e. The molecule has 1 unspecified atom stereocenters. The van der Waals surface area contributed by atoms with Crippen molar-refractivity contribution in [3.05, 3.63) is 24.0 Å². The lowest BCUT2D eigenvalue weighted by Crippen LogP contribution is -2.46. The van der Waals surface area contributed by atoms with Crippen LogP contribution in [0.15, 0.2) is 18.3 Å². The molecule has 0 spiro atoms. The molecule has 0 radical (unpaired) electrons. The number of nitrogens with zero attached hydrogens (tertiary/aromatic N) is 2. The zero-order chi connectivity index (χ0) is 14.6. The monoisotopic (exact) mass is 287 g/mol. The van der Waals surface area contributed by atoms with E-state index in [4.69, 9.17) is 0 Å². The summed E-state index contributed by atoms with van der Waals surface area (Å²) in [5, 5.41) is 3.46. The third kappa shape index (κ3) is 3.85. The Morgan fingerprint density at radius 2 is 2.20 bits per heavy atom. The molecule has 0 aliphatic carbocycles. The Labute approximate surface area is 117 Å². The average molecular weight is 287 g/mol. The zero-order valence-corrected chi connectivity index (χ0v) is 11.6. The number of halogens is 3. The summed E-state index contributed by atoms with van der Waals surface area (Å²) in [6.07, 6.45) is 0.196. The number of hydrogen-bond donors (Lipinski definition) is 1. The highest BCUT2D eigenvalue weighted by Gasteiger charge is 2.32. The Kier molecular flexibility index (Phi) is 4.86. The molecule has 0 bridgehead atoms. The summed E-state index contributed by atoms with van der Waals surface area (Å²) in [5.74, 6) is 0. The van der Waals surface area contributed by atoms with Crippen molar-refractivity contribution in [2.24, 2.45) is 0 Å². The maximum atomic E-state index is 12.5. The highest BCUT2D eigenvalue weighted by atomic mass is 19.4. The molecular weight excluding hydrogens is 267 g/mol. The van der Waals surface area contributed by atoms with E-state index in [1.54, 1.807) is 0 Å². The number of hydrogen-bond acceptors (Lipinski definition) is 3. The first kappa shape index (κ1) is 15.1. The standard InChI is InChI=1S/C14H20F3N3/c1-2-7-18-11-4-3-8-20(10-11)12-5-6-13(19-9-12)14(15,16)17/h5-6,9,11,18H,2-4,7-8,10H2,1H3. The molecule has 1 aromatic rings. The molecule has 0 saturated carbocycles. The van der Waals surface area contributed by atoms with Gasteiger partial charge in [-0.25, -0.2) is 4.98 Å². The molecule has 1 atom stereocenters. The van der Waals surface area contributed by atoms with Gasteiger partial charge in [-0.1, -0.05) is 6.92 Å². The van der Waals surface area contributed by atoms with Gasteiger partial charge in [0.15, 0.2) is 0 Å². The Hall–Kier alpha value is -1.30. The van der Waals surface area contributed by atoms with Gasteiger partial charge in [-0.2, -0.15) is 13.2 Å². The lowest BCUT2D eigenvalue weighted by molar-refractivity contribution is -0.141. The van der Waals surface area contributed by atoms with Crippen LogP contribution in [-0.2, 0) is 6.18 Å². The first-order chi connectivity index (χ1) is 9.50. The van der Waals surface area contributed by atoms with Crippen LogP contribution in [0.25, 0.3) is 0 Å². The molecule has 1 fully saturated rings. The van der Waals surface area contributed by atoms with Gasteiger partial charge in [0.2, 0.25) is 0 Å². The van der Waals surface area contributed by atoms with Gasteiger partial charge < -0.3 is 10.2 Å². The van der Waals surface area contributed by atoms with Gasteiger partial charge in [0, 0.05) is 19.1 Å². The van der Waals surface area contributed by atoms with Gasteiger partial charge in [0.25, 0.3) is 0 Å². The van der Waals surface area contributed by atoms with Gasteiger partial charge in [-0.05, 0) is 37.9 Å². The van der Waals surface area contributed by atoms with Crippen molar-refractivity contribution < 1.29 is 13.2 Å². The van der Waals surface area contributed by atoms with E-state index < -0.39 is 11.9 Å². The van der Waals surface area contributed by atoms with Crippen LogP contribution in [0.1, 0.15) is 31.9 Å². The largest absolute Gasteiger partial charge is 0.433 e. The topological polar surface area (TPSA) is 28.2 Å². The second-order valence-corrected chi connectivity index (χ2v) is 5.14. The van der Waals surface area contributed by atoms with Crippen molar-refractivity contribution >= 4 is 5.69 Å². The van der Waals surface area contributed by atoms with E-state index in [2.05, 4.69) is 22.1 Å². The summed E-state index contributed by atoms with van der Waals surface area (Å²) in [7, 11) is 0. The van der Waals surface area contributed by atoms with Gasteiger partial charge in [-0.3, -0.25) is 0 Å². The third-order valence-corrected chi connectivity index (χ3v) is 3.51. The smallest absolute Gasteiger partial charge is 0.369 e. The molecule has 3 nitrogen and oxygen atoms in total. The first-order valence-corrected chi connectivity index (χ1v) is 7.02. The summed E-state index contributed by atoms with van der Waals surface area (Å²) >= 11 is 0. The summed E-state index contributed by atoms with van der Waals surface area (Å²) < 4.78 is 37.4. The van der Waals surface area contributed by atoms with Gasteiger partial charge in [0.05, 0.1) is 11.9 Å². The zero-order valence-electron chi connectivity index (χ0n) is 11.6. The highest BCUT2D eigenvalue weighted by Crippen LogP contribution is 2.29. The number of nitrogens with one attached hydrogen (secondary N) is 1. The van der Waals surface area contributed by atoms with E-state index in [0.29, 0.717) is 6.04 Å². The van der Waals surface area contributed by atoms with Gasteiger partial charge in [0.1, 0.15) is 5.69 Å². The molecule has 1 aliphatic rings. The normalized spacial score (nSPS) is 20.2. The van der Waals surface area contributed by atoms with Crippen molar-refractivity contribution in [2.75, 3.05) is 24.5 Å². The number of anilines is 1. The summed E-state index contributed by atoms with van der Waals surface area (Å²) in [6, 6.07) is 2.97. The van der Waals surface area contributed by atoms with Crippen LogP contribution in [0.2, 0.25) is 0 Å². The summed E-state index contributed by atoms with van der Waals surface area (Å²) in [6.45, 7) is 4.79.